The van der Waals surface area contributed by atoms with Gasteiger partial charge >= 0.3 is 6.03 Å². The molecule has 2 N–H and O–H groups in total. The third-order valence-electron chi connectivity index (χ3n) is 4.40. The summed E-state index contributed by atoms with van der Waals surface area (Å²) in [7, 11) is 1.62. The van der Waals surface area contributed by atoms with Gasteiger partial charge in [0.15, 0.2) is 0 Å². The summed E-state index contributed by atoms with van der Waals surface area (Å²) >= 11 is 0. The zero-order chi connectivity index (χ0) is 16.9. The Balaban J connectivity index is 1.73. The van der Waals surface area contributed by atoms with E-state index < -0.39 is 0 Å². The Kier molecular flexibility index (Phi) is 5.20. The average molecular weight is 332 g/mol. The summed E-state index contributed by atoms with van der Waals surface area (Å²) in [6.07, 6.45) is 6.72. The maximum Gasteiger partial charge on any atom is 0.318 e. The standard InChI is InChI=1S/C17H24N4O3/c1-12-6-7-16(24-12)14(11-23-2)20-17(22)21-8-4-3-5-15(21)13-9-18-19-10-13/h6-7,9-10,14-15H,3-5,8,11H2,1-2H3,(H,18,19)(H,20,22)/t14-,15+/m0/s1. The molecule has 0 aromatic carbocycles. The lowest BCUT2D eigenvalue weighted by molar-refractivity contribution is 0.127. The molecule has 2 amide bonds. The number of methoxy groups -OCH3 is 1. The highest BCUT2D eigenvalue weighted by Crippen LogP contribution is 2.30. The molecule has 3 rings (SSSR count). The smallest absolute Gasteiger partial charge is 0.318 e. The number of piperidine rings is 1. The molecule has 1 aliphatic heterocycles. The number of ether oxygens (including phenoxy) is 1. The summed E-state index contributed by atoms with van der Waals surface area (Å²) in [5.41, 5.74) is 1.04. The third kappa shape index (κ3) is 3.62. The lowest BCUT2D eigenvalue weighted by Gasteiger charge is -2.36. The van der Waals surface area contributed by atoms with Crippen LogP contribution in [-0.4, -0.2) is 41.4 Å². The van der Waals surface area contributed by atoms with Gasteiger partial charge in [0.1, 0.15) is 17.6 Å². The quantitative estimate of drug-likeness (QED) is 0.882. The van der Waals surface area contributed by atoms with E-state index >= 15 is 0 Å². The van der Waals surface area contributed by atoms with Crippen molar-refractivity contribution in [3.05, 3.63) is 41.6 Å². The van der Waals surface area contributed by atoms with E-state index in [9.17, 15) is 4.79 Å². The second-order valence-electron chi connectivity index (χ2n) is 6.14. The average Bonchev–Trinajstić information content (AvgIpc) is 3.26. The van der Waals surface area contributed by atoms with Gasteiger partial charge in [-0.05, 0) is 38.3 Å². The van der Waals surface area contributed by atoms with Gasteiger partial charge in [-0.1, -0.05) is 0 Å². The topological polar surface area (TPSA) is 83.4 Å². The van der Waals surface area contributed by atoms with Crippen molar-refractivity contribution in [2.75, 3.05) is 20.3 Å². The molecule has 0 bridgehead atoms. The molecule has 0 unspecified atom stereocenters. The fourth-order valence-corrected chi connectivity index (χ4v) is 3.20. The number of rotatable bonds is 5. The van der Waals surface area contributed by atoms with Gasteiger partial charge in [0.05, 0.1) is 18.8 Å². The number of amides is 2. The Bertz CT molecular complexity index is 653. The number of nitrogens with zero attached hydrogens (tertiary/aromatic N) is 2. The Morgan fingerprint density at radius 1 is 1.54 bits per heavy atom. The number of hydrogen-bond acceptors (Lipinski definition) is 4. The molecular weight excluding hydrogens is 308 g/mol. The van der Waals surface area contributed by atoms with Crippen molar-refractivity contribution in [3.63, 3.8) is 0 Å². The Labute approximate surface area is 141 Å². The van der Waals surface area contributed by atoms with Gasteiger partial charge in [0, 0.05) is 25.4 Å². The molecule has 2 aromatic rings. The monoisotopic (exact) mass is 332 g/mol. The lowest BCUT2D eigenvalue weighted by atomic mass is 9.98. The predicted octanol–water partition coefficient (Wildman–Crippen LogP) is 2.94. The van der Waals surface area contributed by atoms with Gasteiger partial charge in [-0.25, -0.2) is 4.79 Å². The largest absolute Gasteiger partial charge is 0.464 e. The highest BCUT2D eigenvalue weighted by Gasteiger charge is 2.30. The van der Waals surface area contributed by atoms with Crippen LogP contribution in [0, 0.1) is 6.92 Å². The number of carbonyl (C=O) groups excluding carboxylic acids is 1. The van der Waals surface area contributed by atoms with Crippen LogP contribution >= 0.6 is 0 Å². The van der Waals surface area contributed by atoms with Crippen LogP contribution in [0.1, 0.15) is 48.4 Å². The van der Waals surface area contributed by atoms with Crippen LogP contribution in [0.4, 0.5) is 4.79 Å². The molecule has 3 heterocycles. The number of aromatic nitrogens is 2. The summed E-state index contributed by atoms with van der Waals surface area (Å²) < 4.78 is 10.9. The maximum absolute atomic E-state index is 12.9. The summed E-state index contributed by atoms with van der Waals surface area (Å²) in [5, 5.41) is 9.89. The lowest BCUT2D eigenvalue weighted by Crippen LogP contribution is -2.46. The fourth-order valence-electron chi connectivity index (χ4n) is 3.20. The highest BCUT2D eigenvalue weighted by molar-refractivity contribution is 5.75. The summed E-state index contributed by atoms with van der Waals surface area (Å²) in [4.78, 5) is 14.7. The fraction of sp³-hybridized carbons (Fsp3) is 0.529. The first kappa shape index (κ1) is 16.6. The minimum Gasteiger partial charge on any atom is -0.464 e. The number of urea groups is 1. The van der Waals surface area contributed by atoms with E-state index in [1.807, 2.05) is 30.2 Å². The van der Waals surface area contributed by atoms with E-state index in [-0.39, 0.29) is 18.1 Å². The molecule has 0 saturated carbocycles. The first-order valence-electron chi connectivity index (χ1n) is 8.30. The first-order valence-corrected chi connectivity index (χ1v) is 8.30. The van der Waals surface area contributed by atoms with Gasteiger partial charge in [-0.3, -0.25) is 5.10 Å². The minimum absolute atomic E-state index is 0.0547. The van der Waals surface area contributed by atoms with Gasteiger partial charge < -0.3 is 19.4 Å². The zero-order valence-corrected chi connectivity index (χ0v) is 14.1. The molecule has 0 spiro atoms. The van der Waals surface area contributed by atoms with E-state index in [1.165, 1.54) is 0 Å². The number of H-pyrrole nitrogens is 1. The van der Waals surface area contributed by atoms with Crippen molar-refractivity contribution in [1.82, 2.24) is 20.4 Å². The Hall–Kier alpha value is -2.28. The van der Waals surface area contributed by atoms with E-state index in [0.29, 0.717) is 12.4 Å². The molecule has 1 saturated heterocycles. The molecule has 7 heteroatoms. The van der Waals surface area contributed by atoms with Crippen molar-refractivity contribution in [3.8, 4) is 0 Å². The molecule has 130 valence electrons. The van der Waals surface area contributed by atoms with Crippen LogP contribution < -0.4 is 5.32 Å². The van der Waals surface area contributed by atoms with Crippen LogP contribution in [0.15, 0.2) is 28.9 Å². The van der Waals surface area contributed by atoms with E-state index in [4.69, 9.17) is 9.15 Å². The molecule has 2 atom stereocenters. The van der Waals surface area contributed by atoms with Crippen LogP contribution in [0.5, 0.6) is 0 Å². The number of carbonyl (C=O) groups is 1. The molecular formula is C17H24N4O3. The summed E-state index contributed by atoms with van der Waals surface area (Å²) in [6, 6.07) is 3.42. The normalized spacial score (nSPS) is 19.2. The van der Waals surface area contributed by atoms with Crippen LogP contribution in [-0.2, 0) is 4.74 Å². The van der Waals surface area contributed by atoms with Gasteiger partial charge in [-0.2, -0.15) is 5.10 Å². The second kappa shape index (κ2) is 7.53. The second-order valence-corrected chi connectivity index (χ2v) is 6.14. The number of furan rings is 1. The molecule has 0 radical (unpaired) electrons. The molecule has 24 heavy (non-hydrogen) atoms. The zero-order valence-electron chi connectivity index (χ0n) is 14.1. The third-order valence-corrected chi connectivity index (χ3v) is 4.40. The van der Waals surface area contributed by atoms with Crippen LogP contribution in [0.3, 0.4) is 0 Å². The molecule has 1 aliphatic rings. The van der Waals surface area contributed by atoms with Crippen LogP contribution in [0.2, 0.25) is 0 Å². The number of aromatic amines is 1. The Morgan fingerprint density at radius 2 is 2.42 bits per heavy atom. The number of nitrogens with one attached hydrogen (secondary N) is 2. The summed E-state index contributed by atoms with van der Waals surface area (Å²) in [6.45, 7) is 2.98. The maximum atomic E-state index is 12.9. The SMILES string of the molecule is COC[C@H](NC(=O)N1CCCC[C@@H]1c1cn[nH]c1)c1ccc(C)o1. The number of hydrogen-bond donors (Lipinski definition) is 2. The first-order chi connectivity index (χ1) is 11.7. The van der Waals surface area contributed by atoms with Crippen molar-refractivity contribution in [2.45, 2.75) is 38.3 Å². The highest BCUT2D eigenvalue weighted by atomic mass is 16.5. The van der Waals surface area contributed by atoms with Gasteiger partial charge in [0.25, 0.3) is 0 Å². The summed E-state index contributed by atoms with van der Waals surface area (Å²) in [5.74, 6) is 1.52. The van der Waals surface area contributed by atoms with Crippen molar-refractivity contribution in [1.29, 1.82) is 0 Å². The van der Waals surface area contributed by atoms with Crippen molar-refractivity contribution >= 4 is 6.03 Å². The van der Waals surface area contributed by atoms with Gasteiger partial charge in [0.2, 0.25) is 0 Å². The van der Waals surface area contributed by atoms with E-state index in [1.54, 1.807) is 13.3 Å². The number of aryl methyl sites for hydroxylation is 1. The van der Waals surface area contributed by atoms with Crippen LogP contribution in [0.25, 0.3) is 0 Å². The van der Waals surface area contributed by atoms with E-state index in [0.717, 1.165) is 37.1 Å². The molecule has 1 fully saturated rings. The minimum atomic E-state index is -0.303. The molecule has 7 nitrogen and oxygen atoms in total. The van der Waals surface area contributed by atoms with E-state index in [2.05, 4.69) is 15.5 Å². The molecule has 0 aliphatic carbocycles. The number of likely N-dealkylation sites (tertiary alicyclic amines) is 1. The Morgan fingerprint density at radius 3 is 3.08 bits per heavy atom. The van der Waals surface area contributed by atoms with Crippen molar-refractivity contribution < 1.29 is 13.9 Å². The van der Waals surface area contributed by atoms with Crippen molar-refractivity contribution in [2.24, 2.45) is 0 Å². The predicted molar refractivity (Wildman–Crippen MR) is 88.5 cm³/mol. The molecule has 2 aromatic heterocycles. The van der Waals surface area contributed by atoms with Gasteiger partial charge in [-0.15, -0.1) is 0 Å².